The third-order valence-corrected chi connectivity index (χ3v) is 1.98. The Kier molecular flexibility index (Phi) is 4.26. The van der Waals surface area contributed by atoms with Gasteiger partial charge in [0.2, 0.25) is 5.96 Å². The van der Waals surface area contributed by atoms with Gasteiger partial charge in [-0.1, -0.05) is 0 Å². The van der Waals surface area contributed by atoms with E-state index in [1.54, 1.807) is 0 Å². The van der Waals surface area contributed by atoms with Crippen LogP contribution in [-0.2, 0) is 4.79 Å². The quantitative estimate of drug-likeness (QED) is 0.202. The van der Waals surface area contributed by atoms with Gasteiger partial charge in [0.05, 0.1) is 0 Å². The Morgan fingerprint density at radius 1 is 1.29 bits per heavy atom. The molecule has 0 aromatic carbocycles. The molecule has 0 aromatic rings. The van der Waals surface area contributed by atoms with Crippen LogP contribution in [0.2, 0.25) is 0 Å². The summed E-state index contributed by atoms with van der Waals surface area (Å²) in [4.78, 5) is 22.9. The van der Waals surface area contributed by atoms with E-state index in [4.69, 9.17) is 22.9 Å². The fraction of sp³-hybridized carbons (Fsp3) is 0.500. The summed E-state index contributed by atoms with van der Waals surface area (Å²) < 4.78 is 0. The zero-order valence-electron chi connectivity index (χ0n) is 9.26. The van der Waals surface area contributed by atoms with Crippen LogP contribution in [0.25, 0.3) is 0 Å². The van der Waals surface area contributed by atoms with Crippen LogP contribution < -0.4 is 28.3 Å². The third kappa shape index (κ3) is 4.36. The Hall–Kier alpha value is -2.32. The molecule has 9 heteroatoms. The van der Waals surface area contributed by atoms with Crippen molar-refractivity contribution in [3.8, 4) is 0 Å². The highest BCUT2D eigenvalue weighted by Crippen LogP contribution is 2.08. The molecule has 1 rings (SSSR count). The minimum atomic E-state index is -0.484. The molecule has 1 unspecified atom stereocenters. The van der Waals surface area contributed by atoms with Crippen LogP contribution in [0, 0.1) is 0 Å². The summed E-state index contributed by atoms with van der Waals surface area (Å²) in [7, 11) is 0. The number of hydrogen-bond acceptors (Lipinski definition) is 4. The van der Waals surface area contributed by atoms with E-state index in [-0.39, 0.29) is 23.8 Å². The molecule has 0 aromatic heterocycles. The molecule has 1 aliphatic heterocycles. The van der Waals surface area contributed by atoms with Crippen LogP contribution in [0.15, 0.2) is 15.0 Å². The zero-order chi connectivity index (χ0) is 12.8. The molecule has 9 nitrogen and oxygen atoms in total. The second-order valence-corrected chi connectivity index (χ2v) is 3.44. The maximum Gasteiger partial charge on any atom is 0.251 e. The van der Waals surface area contributed by atoms with Crippen molar-refractivity contribution < 1.29 is 4.79 Å². The molecule has 0 spiro atoms. The van der Waals surface area contributed by atoms with E-state index in [0.717, 1.165) is 0 Å². The molecule has 0 bridgehead atoms. The lowest BCUT2D eigenvalue weighted by atomic mass is 10.1. The fourth-order valence-electron chi connectivity index (χ4n) is 1.30. The predicted octanol–water partition coefficient (Wildman–Crippen LogP) is -2.83. The van der Waals surface area contributed by atoms with Crippen molar-refractivity contribution in [2.24, 2.45) is 37.9 Å². The lowest BCUT2D eigenvalue weighted by Crippen LogP contribution is -2.31. The second kappa shape index (κ2) is 5.68. The molecule has 0 saturated carbocycles. The summed E-state index contributed by atoms with van der Waals surface area (Å²) in [5.74, 6) is -0.202. The Bertz CT molecular complexity index is 377. The predicted molar refractivity (Wildman–Crippen MR) is 65.1 cm³/mol. The van der Waals surface area contributed by atoms with Gasteiger partial charge in [0.25, 0.3) is 5.91 Å². The van der Waals surface area contributed by atoms with Crippen molar-refractivity contribution in [2.45, 2.75) is 18.9 Å². The molecule has 9 N–H and O–H groups in total. The second-order valence-electron chi connectivity index (χ2n) is 3.44. The molecule has 0 saturated heterocycles. The summed E-state index contributed by atoms with van der Waals surface area (Å²) in [6.45, 7) is 0.458. The minimum absolute atomic E-state index is 0.0329. The Labute approximate surface area is 98.0 Å². The molecule has 1 amide bonds. The largest absolute Gasteiger partial charge is 0.370 e. The van der Waals surface area contributed by atoms with Crippen molar-refractivity contribution in [1.29, 1.82) is 0 Å². The van der Waals surface area contributed by atoms with Crippen LogP contribution in [0.4, 0.5) is 0 Å². The van der Waals surface area contributed by atoms with E-state index in [1.165, 1.54) is 0 Å². The van der Waals surface area contributed by atoms with Crippen LogP contribution in [0.5, 0.6) is 0 Å². The first-order valence-corrected chi connectivity index (χ1v) is 5.02. The minimum Gasteiger partial charge on any atom is -0.370 e. The van der Waals surface area contributed by atoms with Gasteiger partial charge in [0, 0.05) is 6.54 Å². The van der Waals surface area contributed by atoms with E-state index >= 15 is 0 Å². The maximum atomic E-state index is 11.4. The molecule has 0 radical (unpaired) electrons. The molecule has 17 heavy (non-hydrogen) atoms. The SMILES string of the molecule is NC(N)=NCCCC1N=C(N=C(N)N)NC1=O. The van der Waals surface area contributed by atoms with E-state index in [1.807, 2.05) is 0 Å². The van der Waals surface area contributed by atoms with Crippen LogP contribution in [0.1, 0.15) is 12.8 Å². The number of carbonyl (C=O) groups is 1. The van der Waals surface area contributed by atoms with Gasteiger partial charge in [-0.2, -0.15) is 4.99 Å². The Morgan fingerprint density at radius 2 is 2.00 bits per heavy atom. The number of amides is 1. The van der Waals surface area contributed by atoms with Crippen LogP contribution in [0.3, 0.4) is 0 Å². The maximum absolute atomic E-state index is 11.4. The Morgan fingerprint density at radius 3 is 2.59 bits per heavy atom. The highest BCUT2D eigenvalue weighted by atomic mass is 16.2. The molecular weight excluding hydrogens is 224 g/mol. The summed E-state index contributed by atoms with van der Waals surface area (Å²) in [5.41, 5.74) is 20.7. The van der Waals surface area contributed by atoms with Crippen molar-refractivity contribution in [2.75, 3.05) is 6.54 Å². The van der Waals surface area contributed by atoms with Gasteiger partial charge in [-0.05, 0) is 12.8 Å². The number of rotatable bonds is 4. The van der Waals surface area contributed by atoms with Gasteiger partial charge in [-0.25, -0.2) is 4.99 Å². The topological polar surface area (TPSA) is 170 Å². The van der Waals surface area contributed by atoms with Gasteiger partial charge in [0.1, 0.15) is 6.04 Å². The van der Waals surface area contributed by atoms with Gasteiger partial charge < -0.3 is 22.9 Å². The molecular formula is C8H16N8O. The molecule has 1 aliphatic rings. The highest BCUT2D eigenvalue weighted by Gasteiger charge is 2.25. The average molecular weight is 240 g/mol. The van der Waals surface area contributed by atoms with Crippen molar-refractivity contribution in [1.82, 2.24) is 5.32 Å². The number of hydrogen-bond donors (Lipinski definition) is 5. The first kappa shape index (κ1) is 12.7. The number of nitrogens with zero attached hydrogens (tertiary/aromatic N) is 3. The van der Waals surface area contributed by atoms with Crippen LogP contribution in [-0.4, -0.2) is 36.4 Å². The first-order valence-electron chi connectivity index (χ1n) is 5.02. The summed E-state index contributed by atoms with van der Waals surface area (Å²) in [6.07, 6.45) is 1.18. The van der Waals surface area contributed by atoms with E-state index in [9.17, 15) is 4.79 Å². The van der Waals surface area contributed by atoms with Gasteiger partial charge in [0.15, 0.2) is 11.9 Å². The highest BCUT2D eigenvalue weighted by molar-refractivity contribution is 6.08. The van der Waals surface area contributed by atoms with Gasteiger partial charge in [-0.15, -0.1) is 0 Å². The number of nitrogens with two attached hydrogens (primary N) is 4. The smallest absolute Gasteiger partial charge is 0.251 e. The number of nitrogens with one attached hydrogen (secondary N) is 1. The lowest BCUT2D eigenvalue weighted by Gasteiger charge is -2.01. The van der Waals surface area contributed by atoms with Crippen LogP contribution >= 0.6 is 0 Å². The van der Waals surface area contributed by atoms with E-state index < -0.39 is 6.04 Å². The standard InChI is InChI=1S/C8H16N8O/c9-6(10)13-3-1-2-4-5(17)15-8(14-4)16-7(11)12/h4H,1-3H2,(H4,9,10,13)(H5,11,12,14,15,16,17). The number of aliphatic imine (C=N–C) groups is 3. The normalized spacial score (nSPS) is 18.2. The number of carbonyl (C=O) groups excluding carboxylic acids is 1. The summed E-state index contributed by atoms with van der Waals surface area (Å²) >= 11 is 0. The molecule has 0 fully saturated rings. The van der Waals surface area contributed by atoms with Crippen molar-refractivity contribution >= 4 is 23.8 Å². The lowest BCUT2D eigenvalue weighted by molar-refractivity contribution is -0.120. The third-order valence-electron chi connectivity index (χ3n) is 1.98. The monoisotopic (exact) mass is 240 g/mol. The summed E-state index contributed by atoms with van der Waals surface area (Å²) in [5, 5.41) is 2.46. The van der Waals surface area contributed by atoms with Crippen molar-refractivity contribution in [3.05, 3.63) is 0 Å². The average Bonchev–Trinajstić information content (AvgIpc) is 2.52. The molecule has 1 atom stereocenters. The van der Waals surface area contributed by atoms with E-state index in [0.29, 0.717) is 19.4 Å². The molecule has 94 valence electrons. The zero-order valence-corrected chi connectivity index (χ0v) is 9.26. The Balaban J connectivity index is 2.44. The molecule has 0 aliphatic carbocycles. The van der Waals surface area contributed by atoms with Gasteiger partial charge in [-0.3, -0.25) is 15.1 Å². The fourth-order valence-corrected chi connectivity index (χ4v) is 1.30. The van der Waals surface area contributed by atoms with Crippen molar-refractivity contribution in [3.63, 3.8) is 0 Å². The van der Waals surface area contributed by atoms with Gasteiger partial charge >= 0.3 is 0 Å². The van der Waals surface area contributed by atoms with E-state index in [2.05, 4.69) is 20.3 Å². The molecule has 1 heterocycles. The first-order chi connectivity index (χ1) is 7.99. The number of guanidine groups is 3. The summed E-state index contributed by atoms with van der Waals surface area (Å²) in [6, 6.07) is -0.484.